The molecule has 0 aromatic carbocycles. The number of quaternary nitrogens is 1. The van der Waals surface area contributed by atoms with Gasteiger partial charge in [0.05, 0.1) is 20.1 Å². The number of likely N-dealkylation sites (N-methyl/N-ethyl adjacent to an activating group) is 2. The van der Waals surface area contributed by atoms with Crippen LogP contribution in [0.1, 0.15) is 6.92 Å². The van der Waals surface area contributed by atoms with Gasteiger partial charge in [-0.05, 0) is 7.05 Å². The van der Waals surface area contributed by atoms with E-state index >= 15 is 0 Å². The Kier molecular flexibility index (Phi) is 5.41. The van der Waals surface area contributed by atoms with Crippen molar-refractivity contribution in [2.75, 3.05) is 34.3 Å². The molecule has 0 aromatic rings. The molecule has 1 rings (SSSR count). The van der Waals surface area contributed by atoms with Gasteiger partial charge in [-0.2, -0.15) is 0 Å². The van der Waals surface area contributed by atoms with Crippen molar-refractivity contribution in [2.24, 2.45) is 0 Å². The Labute approximate surface area is 78.9 Å². The largest absolute Gasteiger partial charge is 0.553 e. The highest BCUT2D eigenvalue weighted by Crippen LogP contribution is 1.89. The van der Waals surface area contributed by atoms with Gasteiger partial charge in [0.15, 0.2) is 0 Å². The number of carboxylic acid groups (broad SMARTS) is 1. The summed E-state index contributed by atoms with van der Waals surface area (Å²) in [7, 11) is 5.46. The van der Waals surface area contributed by atoms with Crippen molar-refractivity contribution >= 4 is 6.16 Å². The summed E-state index contributed by atoms with van der Waals surface area (Å²) < 4.78 is 3.56. The van der Waals surface area contributed by atoms with Crippen LogP contribution in [-0.4, -0.2) is 51.5 Å². The molecule has 5 heteroatoms. The normalized spacial score (nSPS) is 27.7. The van der Waals surface area contributed by atoms with Crippen LogP contribution in [0.5, 0.6) is 0 Å². The van der Waals surface area contributed by atoms with E-state index in [-0.39, 0.29) is 0 Å². The smallest absolute Gasteiger partial charge is 0.251 e. The first-order valence-electron chi connectivity index (χ1n) is 4.26. The van der Waals surface area contributed by atoms with Crippen molar-refractivity contribution in [3.8, 4) is 0 Å². The Balaban J connectivity index is 0.000000252. The average Bonchev–Trinajstić information content (AvgIpc) is 2.37. The van der Waals surface area contributed by atoms with Crippen molar-refractivity contribution in [3.05, 3.63) is 0 Å². The summed E-state index contributed by atoms with van der Waals surface area (Å²) in [5, 5.41) is 9.03. The number of nitrogens with zero attached hydrogens (tertiary/aromatic N) is 1. The van der Waals surface area contributed by atoms with E-state index in [1.54, 1.807) is 4.90 Å². The molecule has 2 unspecified atom stereocenters. The van der Waals surface area contributed by atoms with Crippen molar-refractivity contribution in [1.82, 2.24) is 4.90 Å². The predicted molar refractivity (Wildman–Crippen MR) is 46.3 cm³/mol. The van der Waals surface area contributed by atoms with Gasteiger partial charge >= 0.3 is 0 Å². The van der Waals surface area contributed by atoms with E-state index in [2.05, 4.69) is 30.7 Å². The van der Waals surface area contributed by atoms with E-state index in [1.807, 2.05) is 0 Å². The average molecular weight is 190 g/mol. The first-order valence-corrected chi connectivity index (χ1v) is 4.26. The predicted octanol–water partition coefficient (Wildman–Crippen LogP) is -2.23. The first-order chi connectivity index (χ1) is 5.99. The Morgan fingerprint density at radius 2 is 2.15 bits per heavy atom. The summed E-state index contributed by atoms with van der Waals surface area (Å²) >= 11 is 0. The molecule has 1 fully saturated rings. The van der Waals surface area contributed by atoms with Gasteiger partial charge in [0.25, 0.3) is 6.16 Å². The molecule has 0 bridgehead atoms. The van der Waals surface area contributed by atoms with E-state index in [1.165, 1.54) is 13.1 Å². The van der Waals surface area contributed by atoms with Crippen LogP contribution in [-0.2, 0) is 4.74 Å². The van der Waals surface area contributed by atoms with Crippen LogP contribution in [0.25, 0.3) is 0 Å². The lowest BCUT2D eigenvalue weighted by molar-refractivity contribution is -0.895. The molecular formula is C8H18N2O3. The van der Waals surface area contributed by atoms with E-state index in [0.29, 0.717) is 0 Å². The number of ether oxygens (including phenoxy) is 1. The van der Waals surface area contributed by atoms with E-state index in [4.69, 9.17) is 9.90 Å². The molecule has 1 aliphatic heterocycles. The lowest BCUT2D eigenvalue weighted by Crippen LogP contribution is -3.11. The second-order valence-corrected chi connectivity index (χ2v) is 3.21. The zero-order valence-corrected chi connectivity index (χ0v) is 8.66. The minimum atomic E-state index is -1.50. The molecule has 0 saturated carbocycles. The monoisotopic (exact) mass is 190 g/mol. The van der Waals surface area contributed by atoms with Crippen molar-refractivity contribution in [2.45, 2.75) is 13.1 Å². The van der Waals surface area contributed by atoms with Gasteiger partial charge in [-0.3, -0.25) is 4.90 Å². The molecule has 5 nitrogen and oxygen atoms in total. The first kappa shape index (κ1) is 12.2. The van der Waals surface area contributed by atoms with Gasteiger partial charge in [0.1, 0.15) is 6.17 Å². The molecule has 0 aliphatic carbocycles. The molecule has 13 heavy (non-hydrogen) atoms. The fraction of sp³-hybridized carbons (Fsp3) is 0.875. The SMILES string of the molecule is CC1N(C)CC[NH+]1C.COC(=O)[O-]. The van der Waals surface area contributed by atoms with Gasteiger partial charge in [0.2, 0.25) is 0 Å². The number of nitrogens with one attached hydrogen (secondary N) is 1. The summed E-state index contributed by atoms with van der Waals surface area (Å²) in [6.07, 6.45) is -0.764. The maximum absolute atomic E-state index is 9.03. The highest BCUT2D eigenvalue weighted by atomic mass is 16.6. The molecule has 1 aliphatic rings. The standard InChI is InChI=1S/C6H14N2.C2H4O3/c1-6-7(2)4-5-8(6)3;1-5-2(3)4/h6H,4-5H2,1-3H3;1H3,(H,3,4). The van der Waals surface area contributed by atoms with Gasteiger partial charge in [-0.15, -0.1) is 0 Å². The molecule has 2 atom stereocenters. The number of hydrogen-bond acceptors (Lipinski definition) is 4. The third-order valence-corrected chi connectivity index (χ3v) is 2.40. The molecule has 1 saturated heterocycles. The van der Waals surface area contributed by atoms with Crippen LogP contribution in [0, 0.1) is 0 Å². The summed E-state index contributed by atoms with van der Waals surface area (Å²) in [5.41, 5.74) is 0. The molecule has 0 aromatic heterocycles. The number of carbonyl (C=O) groups is 1. The second-order valence-electron chi connectivity index (χ2n) is 3.21. The number of carbonyl (C=O) groups excluding carboxylic acids is 1. The van der Waals surface area contributed by atoms with Crippen LogP contribution >= 0.6 is 0 Å². The molecule has 0 amide bonds. The van der Waals surface area contributed by atoms with Crippen molar-refractivity contribution in [3.63, 3.8) is 0 Å². The number of rotatable bonds is 0. The topological polar surface area (TPSA) is 57.0 Å². The van der Waals surface area contributed by atoms with Gasteiger partial charge in [-0.1, -0.05) is 0 Å². The lowest BCUT2D eigenvalue weighted by Gasteiger charge is -2.15. The van der Waals surface area contributed by atoms with Crippen LogP contribution in [0.3, 0.4) is 0 Å². The maximum atomic E-state index is 9.03. The molecule has 1 N–H and O–H groups in total. The summed E-state index contributed by atoms with van der Waals surface area (Å²) in [6, 6.07) is 0. The third-order valence-electron chi connectivity index (χ3n) is 2.40. The minimum absolute atomic E-state index is 0.731. The lowest BCUT2D eigenvalue weighted by atomic mass is 10.5. The Morgan fingerprint density at radius 1 is 1.69 bits per heavy atom. The minimum Gasteiger partial charge on any atom is -0.553 e. The number of methoxy groups -OCH3 is 1. The molecule has 0 spiro atoms. The summed E-state index contributed by atoms with van der Waals surface area (Å²) in [5.74, 6) is 0. The molecular weight excluding hydrogens is 172 g/mol. The Bertz CT molecular complexity index is 153. The van der Waals surface area contributed by atoms with E-state index in [9.17, 15) is 0 Å². The van der Waals surface area contributed by atoms with Crippen LogP contribution in [0.2, 0.25) is 0 Å². The van der Waals surface area contributed by atoms with Crippen LogP contribution in [0.15, 0.2) is 0 Å². The van der Waals surface area contributed by atoms with Gasteiger partial charge in [-0.25, -0.2) is 0 Å². The van der Waals surface area contributed by atoms with Crippen molar-refractivity contribution in [1.29, 1.82) is 0 Å². The second kappa shape index (κ2) is 5.77. The van der Waals surface area contributed by atoms with Crippen molar-refractivity contribution < 1.29 is 19.5 Å². The maximum Gasteiger partial charge on any atom is 0.251 e. The quantitative estimate of drug-likeness (QED) is 0.439. The molecule has 78 valence electrons. The van der Waals surface area contributed by atoms with E-state index in [0.717, 1.165) is 13.3 Å². The highest BCUT2D eigenvalue weighted by Gasteiger charge is 2.24. The zero-order valence-electron chi connectivity index (χ0n) is 8.66. The summed E-state index contributed by atoms with van der Waals surface area (Å²) in [4.78, 5) is 13.1. The summed E-state index contributed by atoms with van der Waals surface area (Å²) in [6.45, 7) is 4.83. The zero-order chi connectivity index (χ0) is 10.4. The third kappa shape index (κ3) is 4.69. The van der Waals surface area contributed by atoms with Crippen LogP contribution < -0.4 is 10.0 Å². The molecule has 1 heterocycles. The fourth-order valence-corrected chi connectivity index (χ4v) is 1.13. The Morgan fingerprint density at radius 3 is 2.23 bits per heavy atom. The van der Waals surface area contributed by atoms with E-state index < -0.39 is 6.16 Å². The van der Waals surface area contributed by atoms with Gasteiger partial charge < -0.3 is 19.5 Å². The number of hydrogen-bond donors (Lipinski definition) is 1. The van der Waals surface area contributed by atoms with Crippen LogP contribution in [0.4, 0.5) is 4.79 Å². The highest BCUT2D eigenvalue weighted by molar-refractivity contribution is 5.53. The van der Waals surface area contributed by atoms with Gasteiger partial charge in [0, 0.05) is 14.0 Å². The molecule has 0 radical (unpaired) electrons. The Hall–Kier alpha value is -0.810. The fourth-order valence-electron chi connectivity index (χ4n) is 1.13.